The molecule has 0 bridgehead atoms. The minimum Gasteiger partial charge on any atom is -0.350 e. The van der Waals surface area contributed by atoms with Crippen LogP contribution in [0.15, 0.2) is 77.3 Å². The smallest absolute Gasteiger partial charge is 0.243 e. The van der Waals surface area contributed by atoms with Gasteiger partial charge in [0.15, 0.2) is 0 Å². The molecule has 0 aliphatic heterocycles. The van der Waals surface area contributed by atoms with Crippen molar-refractivity contribution in [3.05, 3.63) is 104 Å². The van der Waals surface area contributed by atoms with E-state index in [1.165, 1.54) is 0 Å². The minimum absolute atomic E-state index is 0.0133. The highest BCUT2D eigenvalue weighted by molar-refractivity contribution is 9.10. The van der Waals surface area contributed by atoms with Crippen molar-refractivity contribution >= 4 is 50.9 Å². The Morgan fingerprint density at radius 3 is 2.11 bits per heavy atom. The highest BCUT2D eigenvalue weighted by Gasteiger charge is 2.32. The molecular formula is C28H29BrCl2N2O2. The summed E-state index contributed by atoms with van der Waals surface area (Å²) in [5.41, 5.74) is 1.96. The van der Waals surface area contributed by atoms with E-state index in [0.717, 1.165) is 15.6 Å². The lowest BCUT2D eigenvalue weighted by Gasteiger charge is -2.34. The van der Waals surface area contributed by atoms with Crippen LogP contribution in [0.2, 0.25) is 10.0 Å². The van der Waals surface area contributed by atoms with Crippen LogP contribution in [0.25, 0.3) is 0 Å². The Kier molecular flexibility index (Phi) is 9.40. The first kappa shape index (κ1) is 27.3. The van der Waals surface area contributed by atoms with Crippen LogP contribution in [0.3, 0.4) is 0 Å². The van der Waals surface area contributed by atoms with Gasteiger partial charge < -0.3 is 10.2 Å². The van der Waals surface area contributed by atoms with E-state index in [0.29, 0.717) is 22.0 Å². The molecule has 3 aromatic carbocycles. The molecule has 0 saturated heterocycles. The molecule has 0 aliphatic rings. The second-order valence-corrected chi connectivity index (χ2v) is 11.2. The highest BCUT2D eigenvalue weighted by Crippen LogP contribution is 2.27. The summed E-state index contributed by atoms with van der Waals surface area (Å²) in [4.78, 5) is 29.0. The number of benzene rings is 3. The highest BCUT2D eigenvalue weighted by atomic mass is 79.9. The summed E-state index contributed by atoms with van der Waals surface area (Å²) in [6.07, 6.45) is 0.360. The van der Waals surface area contributed by atoms with Gasteiger partial charge in [-0.3, -0.25) is 9.59 Å². The van der Waals surface area contributed by atoms with E-state index in [4.69, 9.17) is 23.2 Å². The van der Waals surface area contributed by atoms with Crippen LogP contribution in [0.1, 0.15) is 37.5 Å². The first-order valence-electron chi connectivity index (χ1n) is 11.4. The Hall–Kier alpha value is -2.34. The molecule has 3 rings (SSSR count). The number of carbonyl (C=O) groups is 2. The fourth-order valence-corrected chi connectivity index (χ4v) is 4.77. The van der Waals surface area contributed by atoms with Crippen LogP contribution in [-0.4, -0.2) is 28.3 Å². The van der Waals surface area contributed by atoms with Gasteiger partial charge >= 0.3 is 0 Å². The van der Waals surface area contributed by atoms with E-state index in [-0.39, 0.29) is 24.8 Å². The van der Waals surface area contributed by atoms with Gasteiger partial charge in [0, 0.05) is 33.0 Å². The Morgan fingerprint density at radius 1 is 0.914 bits per heavy atom. The Balaban J connectivity index is 2.03. The maximum Gasteiger partial charge on any atom is 0.243 e. The first-order valence-corrected chi connectivity index (χ1v) is 12.9. The Bertz CT molecular complexity index is 1160. The number of amides is 2. The summed E-state index contributed by atoms with van der Waals surface area (Å²) in [6, 6.07) is 21.9. The van der Waals surface area contributed by atoms with Crippen LogP contribution >= 0.6 is 39.1 Å². The normalized spacial score (nSPS) is 12.2. The zero-order chi connectivity index (χ0) is 25.6. The molecule has 0 unspecified atom stereocenters. The van der Waals surface area contributed by atoms with Gasteiger partial charge in [-0.05, 0) is 61.7 Å². The summed E-state index contributed by atoms with van der Waals surface area (Å²) < 4.78 is 0.898. The third-order valence-electron chi connectivity index (χ3n) is 5.40. The first-order chi connectivity index (χ1) is 16.5. The quantitative estimate of drug-likeness (QED) is 0.319. The van der Waals surface area contributed by atoms with Gasteiger partial charge in [-0.2, -0.15) is 0 Å². The SMILES string of the molecule is CC(C)(C)NC(=O)[C@@H](Cc1ccccc1)N(Cc1cccc(Br)c1)C(=O)Cc1c(Cl)cccc1Cl. The Morgan fingerprint density at radius 2 is 1.51 bits per heavy atom. The summed E-state index contributed by atoms with van der Waals surface area (Å²) >= 11 is 16.3. The van der Waals surface area contributed by atoms with Crippen molar-refractivity contribution in [2.24, 2.45) is 0 Å². The van der Waals surface area contributed by atoms with Gasteiger partial charge in [-0.15, -0.1) is 0 Å². The third kappa shape index (κ3) is 8.09. The molecule has 3 aromatic rings. The Labute approximate surface area is 225 Å². The lowest BCUT2D eigenvalue weighted by molar-refractivity contribution is -0.141. The molecule has 2 amide bonds. The zero-order valence-corrected chi connectivity index (χ0v) is 23.1. The van der Waals surface area contributed by atoms with Crippen LogP contribution in [0, 0.1) is 0 Å². The number of halogens is 3. The zero-order valence-electron chi connectivity index (χ0n) is 20.0. The fraction of sp³-hybridized carbons (Fsp3) is 0.286. The maximum absolute atomic E-state index is 13.8. The van der Waals surface area contributed by atoms with Crippen molar-refractivity contribution in [1.29, 1.82) is 0 Å². The fourth-order valence-electron chi connectivity index (χ4n) is 3.79. The second-order valence-electron chi connectivity index (χ2n) is 9.47. The van der Waals surface area contributed by atoms with Crippen LogP contribution in [0.4, 0.5) is 0 Å². The number of hydrogen-bond donors (Lipinski definition) is 1. The van der Waals surface area contributed by atoms with Crippen molar-refractivity contribution in [3.8, 4) is 0 Å². The van der Waals surface area contributed by atoms with Gasteiger partial charge in [0.2, 0.25) is 11.8 Å². The van der Waals surface area contributed by atoms with E-state index in [1.54, 1.807) is 23.1 Å². The van der Waals surface area contributed by atoms with Crippen molar-refractivity contribution in [2.75, 3.05) is 0 Å². The van der Waals surface area contributed by atoms with Crippen LogP contribution in [0.5, 0.6) is 0 Å². The predicted octanol–water partition coefficient (Wildman–Crippen LogP) is 6.85. The molecular weight excluding hydrogens is 547 g/mol. The van der Waals surface area contributed by atoms with E-state index in [2.05, 4.69) is 21.2 Å². The lowest BCUT2D eigenvalue weighted by atomic mass is 10.00. The third-order valence-corrected chi connectivity index (χ3v) is 6.60. The summed E-state index contributed by atoms with van der Waals surface area (Å²) in [5, 5.41) is 3.91. The predicted molar refractivity (Wildman–Crippen MR) is 147 cm³/mol. The average Bonchev–Trinajstić information content (AvgIpc) is 2.78. The summed E-state index contributed by atoms with van der Waals surface area (Å²) in [5.74, 6) is -0.445. The molecule has 0 heterocycles. The van der Waals surface area contributed by atoms with Gasteiger partial charge in [-0.1, -0.05) is 87.7 Å². The van der Waals surface area contributed by atoms with Crippen molar-refractivity contribution in [2.45, 2.75) is 51.7 Å². The standard InChI is InChI=1S/C28H29BrCl2N2O2/c1-28(2,3)32-27(35)25(16-19-9-5-4-6-10-19)33(18-20-11-7-12-21(29)15-20)26(34)17-22-23(30)13-8-14-24(22)31/h4-15,25H,16-18H2,1-3H3,(H,32,35)/t25-/m1/s1. The summed E-state index contributed by atoms with van der Waals surface area (Å²) in [6.45, 7) is 6.03. The number of nitrogens with one attached hydrogen (secondary N) is 1. The number of nitrogens with zero attached hydrogens (tertiary/aromatic N) is 1. The van der Waals surface area contributed by atoms with Gasteiger partial charge in [-0.25, -0.2) is 0 Å². The molecule has 0 fully saturated rings. The molecule has 0 aliphatic carbocycles. The average molecular weight is 576 g/mol. The number of rotatable bonds is 8. The minimum atomic E-state index is -0.732. The molecule has 4 nitrogen and oxygen atoms in total. The van der Waals surface area contributed by atoms with E-state index < -0.39 is 11.6 Å². The monoisotopic (exact) mass is 574 g/mol. The molecule has 1 N–H and O–H groups in total. The number of hydrogen-bond acceptors (Lipinski definition) is 2. The molecule has 35 heavy (non-hydrogen) atoms. The van der Waals surface area contributed by atoms with Gasteiger partial charge in [0.1, 0.15) is 6.04 Å². The molecule has 0 aromatic heterocycles. The van der Waals surface area contributed by atoms with Crippen LogP contribution in [-0.2, 0) is 29.0 Å². The molecule has 0 saturated carbocycles. The maximum atomic E-state index is 13.8. The van der Waals surface area contributed by atoms with Gasteiger partial charge in [0.05, 0.1) is 6.42 Å². The molecule has 1 atom stereocenters. The topological polar surface area (TPSA) is 49.4 Å². The molecule has 0 radical (unpaired) electrons. The molecule has 0 spiro atoms. The van der Waals surface area contributed by atoms with Crippen LogP contribution < -0.4 is 5.32 Å². The largest absolute Gasteiger partial charge is 0.350 e. The molecule has 184 valence electrons. The summed E-state index contributed by atoms with van der Waals surface area (Å²) in [7, 11) is 0. The molecule has 7 heteroatoms. The van der Waals surface area contributed by atoms with Crippen molar-refractivity contribution < 1.29 is 9.59 Å². The van der Waals surface area contributed by atoms with Gasteiger partial charge in [0.25, 0.3) is 0 Å². The van der Waals surface area contributed by atoms with Crippen molar-refractivity contribution in [3.63, 3.8) is 0 Å². The number of carbonyl (C=O) groups excluding carboxylic acids is 2. The van der Waals surface area contributed by atoms with Crippen molar-refractivity contribution in [1.82, 2.24) is 10.2 Å². The van der Waals surface area contributed by atoms with E-state index in [9.17, 15) is 9.59 Å². The second kappa shape index (κ2) is 12.1. The van der Waals surface area contributed by atoms with E-state index >= 15 is 0 Å². The van der Waals surface area contributed by atoms with E-state index in [1.807, 2.05) is 75.4 Å². The lowest BCUT2D eigenvalue weighted by Crippen LogP contribution is -2.54.